The molecule has 4 nitrogen and oxygen atoms in total. The van der Waals surface area contributed by atoms with Crippen LogP contribution in [0.5, 0.6) is 0 Å². The van der Waals surface area contributed by atoms with Crippen LogP contribution in [0.3, 0.4) is 0 Å². The highest BCUT2D eigenvalue weighted by Gasteiger charge is 2.65. The van der Waals surface area contributed by atoms with Crippen LogP contribution in [0.1, 0.15) is 113 Å². The number of hydrogen-bond donors (Lipinski definition) is 2. The van der Waals surface area contributed by atoms with E-state index >= 15 is 0 Å². The Bertz CT molecular complexity index is 813. The molecule has 0 radical (unpaired) electrons. The standard InChI is InChI=1S/C30H50O4/c1-18(8-13-26(32)33)22-11-12-23-21-10-9-20-16-30(34,19(2)31)17-25(27(3,4)5)29(20,7)24(21)14-15-28(22,23)6/h18,20-25,34H,8-17H2,1-7H3,(H,32,33)/t18-,20-,21+,22-,23+,24+,25?,28-,29+,30+/m1/s1. The second kappa shape index (κ2) is 8.60. The van der Waals surface area contributed by atoms with Gasteiger partial charge in [0.25, 0.3) is 0 Å². The molecule has 194 valence electrons. The van der Waals surface area contributed by atoms with E-state index < -0.39 is 11.6 Å². The summed E-state index contributed by atoms with van der Waals surface area (Å²) in [5.41, 5.74) is -0.620. The highest BCUT2D eigenvalue weighted by atomic mass is 16.4. The third-order valence-corrected chi connectivity index (χ3v) is 12.1. The Morgan fingerprint density at radius 3 is 2.26 bits per heavy atom. The molecule has 2 N–H and O–H groups in total. The Hall–Kier alpha value is -0.900. The van der Waals surface area contributed by atoms with Crippen molar-refractivity contribution < 1.29 is 19.8 Å². The Labute approximate surface area is 207 Å². The van der Waals surface area contributed by atoms with E-state index in [-0.39, 0.29) is 23.0 Å². The van der Waals surface area contributed by atoms with Gasteiger partial charge in [0.2, 0.25) is 0 Å². The number of carboxylic acid groups (broad SMARTS) is 1. The van der Waals surface area contributed by atoms with Crippen LogP contribution in [0, 0.1) is 57.7 Å². The lowest BCUT2D eigenvalue weighted by Crippen LogP contribution is -2.63. The van der Waals surface area contributed by atoms with Crippen LogP contribution in [-0.4, -0.2) is 27.6 Å². The summed E-state index contributed by atoms with van der Waals surface area (Å²) in [6, 6.07) is 0. The van der Waals surface area contributed by atoms with Crippen LogP contribution < -0.4 is 0 Å². The molecule has 0 aliphatic heterocycles. The van der Waals surface area contributed by atoms with Gasteiger partial charge in [0.05, 0.1) is 0 Å². The zero-order valence-electron chi connectivity index (χ0n) is 22.8. The topological polar surface area (TPSA) is 74.6 Å². The van der Waals surface area contributed by atoms with Crippen LogP contribution in [0.15, 0.2) is 0 Å². The Morgan fingerprint density at radius 2 is 1.68 bits per heavy atom. The number of carboxylic acids is 1. The number of rotatable bonds is 5. The fraction of sp³-hybridized carbons (Fsp3) is 0.933. The molecular formula is C30H50O4. The van der Waals surface area contributed by atoms with Gasteiger partial charge in [0.15, 0.2) is 5.78 Å². The minimum absolute atomic E-state index is 0.0447. The molecule has 0 amide bonds. The SMILES string of the molecule is CC(=O)[C@@]1(O)CC(C(C)(C)C)[C@@]2(C)[C@H](CC[C@H]3[C@@H]4CC[C@H]([C@H](C)CCC(=O)O)[C@@]4(C)CC[C@@H]32)C1. The lowest BCUT2D eigenvalue weighted by Gasteiger charge is -2.66. The summed E-state index contributed by atoms with van der Waals surface area (Å²) in [6.07, 6.45) is 9.73. The van der Waals surface area contributed by atoms with Crippen molar-refractivity contribution in [3.8, 4) is 0 Å². The Kier molecular flexibility index (Phi) is 6.62. The van der Waals surface area contributed by atoms with Crippen molar-refractivity contribution in [2.45, 2.75) is 118 Å². The van der Waals surface area contributed by atoms with E-state index in [2.05, 4.69) is 41.5 Å². The van der Waals surface area contributed by atoms with Gasteiger partial charge in [0.1, 0.15) is 5.60 Å². The highest BCUT2D eigenvalue weighted by molar-refractivity contribution is 5.84. The van der Waals surface area contributed by atoms with Gasteiger partial charge in [-0.15, -0.1) is 0 Å². The first-order valence-electron chi connectivity index (χ1n) is 14.1. The molecule has 4 saturated carbocycles. The molecule has 10 atom stereocenters. The van der Waals surface area contributed by atoms with Crippen molar-refractivity contribution in [3.63, 3.8) is 0 Å². The number of carbonyl (C=O) groups is 2. The molecule has 0 aromatic rings. The quantitative estimate of drug-likeness (QED) is 0.463. The van der Waals surface area contributed by atoms with Crippen molar-refractivity contribution >= 4 is 11.8 Å². The van der Waals surface area contributed by atoms with Crippen molar-refractivity contribution in [1.29, 1.82) is 0 Å². The van der Waals surface area contributed by atoms with Gasteiger partial charge in [0, 0.05) is 6.42 Å². The van der Waals surface area contributed by atoms with Crippen LogP contribution >= 0.6 is 0 Å². The Balaban J connectivity index is 1.63. The van der Waals surface area contributed by atoms with Crippen molar-refractivity contribution in [3.05, 3.63) is 0 Å². The maximum atomic E-state index is 12.6. The lowest BCUT2D eigenvalue weighted by molar-refractivity contribution is -0.202. The van der Waals surface area contributed by atoms with Crippen molar-refractivity contribution in [2.75, 3.05) is 0 Å². The van der Waals surface area contributed by atoms with Gasteiger partial charge in [-0.25, -0.2) is 0 Å². The van der Waals surface area contributed by atoms with E-state index in [0.717, 1.165) is 24.7 Å². The molecule has 4 aliphatic rings. The van der Waals surface area contributed by atoms with E-state index in [4.69, 9.17) is 0 Å². The van der Waals surface area contributed by atoms with Crippen molar-refractivity contribution in [2.24, 2.45) is 57.7 Å². The largest absolute Gasteiger partial charge is 0.481 e. The highest BCUT2D eigenvalue weighted by Crippen LogP contribution is 2.71. The van der Waals surface area contributed by atoms with Gasteiger partial charge < -0.3 is 10.2 Å². The van der Waals surface area contributed by atoms with Crippen LogP contribution in [0.25, 0.3) is 0 Å². The molecule has 0 aromatic heterocycles. The summed E-state index contributed by atoms with van der Waals surface area (Å²) in [5.74, 6) is 3.26. The number of carbonyl (C=O) groups excluding carboxylic acids is 1. The number of Topliss-reactive ketones (excluding diaryl/α,β-unsaturated/α-hetero) is 1. The van der Waals surface area contributed by atoms with Gasteiger partial charge in [-0.2, -0.15) is 0 Å². The average Bonchev–Trinajstić information content (AvgIpc) is 3.08. The van der Waals surface area contributed by atoms with Gasteiger partial charge in [-0.1, -0.05) is 41.5 Å². The summed E-state index contributed by atoms with van der Waals surface area (Å²) in [5, 5.41) is 20.6. The summed E-state index contributed by atoms with van der Waals surface area (Å²) < 4.78 is 0. The summed E-state index contributed by atoms with van der Waals surface area (Å²) in [4.78, 5) is 23.8. The smallest absolute Gasteiger partial charge is 0.303 e. The maximum Gasteiger partial charge on any atom is 0.303 e. The minimum Gasteiger partial charge on any atom is -0.481 e. The van der Waals surface area contributed by atoms with E-state index in [1.807, 2.05) is 0 Å². The fourth-order valence-corrected chi connectivity index (χ4v) is 10.4. The predicted octanol–water partition coefficient (Wildman–Crippen LogP) is 6.74. The predicted molar refractivity (Wildman–Crippen MR) is 135 cm³/mol. The first kappa shape index (κ1) is 26.2. The second-order valence-corrected chi connectivity index (χ2v) is 14.6. The van der Waals surface area contributed by atoms with Crippen LogP contribution in [0.2, 0.25) is 0 Å². The first-order valence-corrected chi connectivity index (χ1v) is 14.1. The summed E-state index contributed by atoms with van der Waals surface area (Å²) in [7, 11) is 0. The van der Waals surface area contributed by atoms with E-state index in [1.54, 1.807) is 6.92 Å². The minimum atomic E-state index is -1.16. The Morgan fingerprint density at radius 1 is 1.00 bits per heavy atom. The first-order chi connectivity index (χ1) is 15.6. The number of ketones is 1. The number of aliphatic carboxylic acids is 1. The molecule has 0 bridgehead atoms. The van der Waals surface area contributed by atoms with Crippen LogP contribution in [-0.2, 0) is 9.59 Å². The zero-order chi connectivity index (χ0) is 25.3. The fourth-order valence-electron chi connectivity index (χ4n) is 10.4. The van der Waals surface area contributed by atoms with E-state index in [0.29, 0.717) is 47.8 Å². The van der Waals surface area contributed by atoms with Gasteiger partial charge in [-0.05, 0) is 122 Å². The summed E-state index contributed by atoms with van der Waals surface area (Å²) in [6.45, 7) is 15.9. The molecule has 0 saturated heterocycles. The number of hydrogen-bond acceptors (Lipinski definition) is 3. The molecular weight excluding hydrogens is 424 g/mol. The maximum absolute atomic E-state index is 12.6. The summed E-state index contributed by atoms with van der Waals surface area (Å²) >= 11 is 0. The molecule has 34 heavy (non-hydrogen) atoms. The number of fused-ring (bicyclic) bond motifs is 5. The molecule has 4 aliphatic carbocycles. The van der Waals surface area contributed by atoms with Gasteiger partial charge in [-0.3, -0.25) is 9.59 Å². The van der Waals surface area contributed by atoms with E-state index in [9.17, 15) is 19.8 Å². The normalized spacial score (nSPS) is 47.3. The van der Waals surface area contributed by atoms with Crippen LogP contribution in [0.4, 0.5) is 0 Å². The molecule has 0 heterocycles. The van der Waals surface area contributed by atoms with Gasteiger partial charge >= 0.3 is 5.97 Å². The van der Waals surface area contributed by atoms with E-state index in [1.165, 1.54) is 32.1 Å². The number of aliphatic hydroxyl groups is 1. The molecule has 4 rings (SSSR count). The molecule has 4 heteroatoms. The molecule has 0 spiro atoms. The monoisotopic (exact) mass is 474 g/mol. The lowest BCUT2D eigenvalue weighted by atomic mass is 9.39. The molecule has 4 fully saturated rings. The third kappa shape index (κ3) is 3.98. The second-order valence-electron chi connectivity index (χ2n) is 14.6. The van der Waals surface area contributed by atoms with Crippen molar-refractivity contribution in [1.82, 2.24) is 0 Å². The zero-order valence-corrected chi connectivity index (χ0v) is 22.8. The molecule has 0 aromatic carbocycles. The molecule has 1 unspecified atom stereocenters. The third-order valence-electron chi connectivity index (χ3n) is 12.1. The average molecular weight is 475 g/mol.